The molecule has 0 atom stereocenters. The zero-order chi connectivity index (χ0) is 13.9. The van der Waals surface area contributed by atoms with E-state index in [1.165, 1.54) is 17.0 Å². The third-order valence-corrected chi connectivity index (χ3v) is 4.82. The van der Waals surface area contributed by atoms with Gasteiger partial charge in [0.1, 0.15) is 4.88 Å². The number of para-hydroxylation sites is 1. The van der Waals surface area contributed by atoms with E-state index in [0.29, 0.717) is 10.0 Å². The van der Waals surface area contributed by atoms with Crippen molar-refractivity contribution in [2.45, 2.75) is 0 Å². The van der Waals surface area contributed by atoms with Crippen LogP contribution in [0.25, 0.3) is 0 Å². The number of rotatable bonds is 3. The minimum absolute atomic E-state index is 0.311. The summed E-state index contributed by atoms with van der Waals surface area (Å²) in [6, 6.07) is 10.4. The van der Waals surface area contributed by atoms with Crippen molar-refractivity contribution in [1.82, 2.24) is 4.98 Å². The second-order valence-corrected chi connectivity index (χ2v) is 5.95. The predicted molar refractivity (Wildman–Crippen MR) is 83.4 cm³/mol. The van der Waals surface area contributed by atoms with Crippen LogP contribution in [0.15, 0.2) is 30.3 Å². The molecule has 0 aliphatic carbocycles. The van der Waals surface area contributed by atoms with Crippen LogP contribution in [0.5, 0.6) is 0 Å². The molecule has 0 bridgehead atoms. The third-order valence-electron chi connectivity index (χ3n) is 3.38. The molecule has 0 N–H and O–H groups in total. The van der Waals surface area contributed by atoms with Gasteiger partial charge in [0.15, 0.2) is 16.6 Å². The third kappa shape index (κ3) is 2.64. The van der Waals surface area contributed by atoms with Crippen LogP contribution in [0.3, 0.4) is 0 Å². The summed E-state index contributed by atoms with van der Waals surface area (Å²) in [5.74, 6) is 0. The molecule has 104 valence electrons. The number of nitrogens with zero attached hydrogens (tertiary/aromatic N) is 3. The molecule has 6 heteroatoms. The lowest BCUT2D eigenvalue weighted by Crippen LogP contribution is -2.46. The summed E-state index contributed by atoms with van der Waals surface area (Å²) in [5, 5.41) is 1.15. The van der Waals surface area contributed by atoms with Gasteiger partial charge in [-0.25, -0.2) is 4.98 Å². The zero-order valence-corrected chi connectivity index (χ0v) is 12.4. The van der Waals surface area contributed by atoms with E-state index in [9.17, 15) is 4.79 Å². The molecule has 0 spiro atoms. The normalized spacial score (nSPS) is 15.4. The Labute approximate surface area is 126 Å². The number of benzene rings is 1. The number of carbonyl (C=O) groups is 1. The summed E-state index contributed by atoms with van der Waals surface area (Å²) in [4.78, 5) is 20.1. The molecule has 1 aliphatic rings. The molecule has 0 radical (unpaired) electrons. The Morgan fingerprint density at radius 1 is 1.10 bits per heavy atom. The van der Waals surface area contributed by atoms with E-state index in [4.69, 9.17) is 11.6 Å². The van der Waals surface area contributed by atoms with Crippen molar-refractivity contribution in [2.24, 2.45) is 0 Å². The maximum absolute atomic E-state index is 10.8. The van der Waals surface area contributed by atoms with Crippen molar-refractivity contribution < 1.29 is 4.79 Å². The van der Waals surface area contributed by atoms with Gasteiger partial charge in [-0.2, -0.15) is 0 Å². The van der Waals surface area contributed by atoms with Gasteiger partial charge in [0.2, 0.25) is 0 Å². The van der Waals surface area contributed by atoms with E-state index < -0.39 is 0 Å². The highest BCUT2D eigenvalue weighted by atomic mass is 35.5. The van der Waals surface area contributed by atoms with Crippen LogP contribution in [0, 0.1) is 0 Å². The first-order chi connectivity index (χ1) is 9.78. The van der Waals surface area contributed by atoms with E-state index in [-0.39, 0.29) is 0 Å². The van der Waals surface area contributed by atoms with Gasteiger partial charge < -0.3 is 9.80 Å². The Bertz CT molecular complexity index is 594. The Kier molecular flexibility index (Phi) is 3.89. The van der Waals surface area contributed by atoms with Gasteiger partial charge >= 0.3 is 0 Å². The van der Waals surface area contributed by atoms with Crippen LogP contribution in [0.1, 0.15) is 9.67 Å². The van der Waals surface area contributed by atoms with Crippen LogP contribution in [0.4, 0.5) is 10.8 Å². The van der Waals surface area contributed by atoms with Gasteiger partial charge in [-0.15, -0.1) is 0 Å². The average Bonchev–Trinajstić information content (AvgIpc) is 2.89. The fourth-order valence-corrected chi connectivity index (χ4v) is 3.42. The average molecular weight is 308 g/mol. The monoisotopic (exact) mass is 307 g/mol. The number of hydrogen-bond acceptors (Lipinski definition) is 5. The standard InChI is InChI=1S/C14H14ClN3OS/c15-13-12(10-19)20-14(16-13)18-8-6-17(7-9-18)11-4-2-1-3-5-11/h1-5,10H,6-9H2. The molecule has 0 amide bonds. The number of aldehydes is 1. The predicted octanol–water partition coefficient (Wildman–Crippen LogP) is 2.94. The van der Waals surface area contributed by atoms with Crippen LogP contribution < -0.4 is 9.80 Å². The number of carbonyl (C=O) groups excluding carboxylic acids is 1. The number of halogens is 1. The highest BCUT2D eigenvalue weighted by Crippen LogP contribution is 2.29. The van der Waals surface area contributed by atoms with Crippen molar-refractivity contribution in [2.75, 3.05) is 36.0 Å². The number of anilines is 2. The molecule has 2 aromatic rings. The van der Waals surface area contributed by atoms with E-state index >= 15 is 0 Å². The minimum atomic E-state index is 0.311. The molecule has 0 unspecified atom stereocenters. The molecule has 1 aliphatic heterocycles. The minimum Gasteiger partial charge on any atom is -0.368 e. The van der Waals surface area contributed by atoms with Crippen molar-refractivity contribution in [3.8, 4) is 0 Å². The van der Waals surface area contributed by atoms with Gasteiger partial charge in [-0.1, -0.05) is 41.1 Å². The highest BCUT2D eigenvalue weighted by molar-refractivity contribution is 7.17. The van der Waals surface area contributed by atoms with E-state index in [2.05, 4.69) is 39.0 Å². The number of thiazole rings is 1. The van der Waals surface area contributed by atoms with Gasteiger partial charge in [0, 0.05) is 31.9 Å². The topological polar surface area (TPSA) is 36.4 Å². The number of aromatic nitrogens is 1. The molecule has 1 fully saturated rings. The van der Waals surface area contributed by atoms with Crippen LogP contribution >= 0.6 is 22.9 Å². The quantitative estimate of drug-likeness (QED) is 0.817. The summed E-state index contributed by atoms with van der Waals surface area (Å²) < 4.78 is 0. The molecule has 1 aromatic carbocycles. The fraction of sp³-hybridized carbons (Fsp3) is 0.286. The second-order valence-electron chi connectivity index (χ2n) is 4.58. The summed E-state index contributed by atoms with van der Waals surface area (Å²) in [5.41, 5.74) is 1.25. The largest absolute Gasteiger partial charge is 0.368 e. The maximum Gasteiger partial charge on any atom is 0.187 e. The molecule has 1 saturated heterocycles. The molecule has 3 rings (SSSR count). The first-order valence-corrected chi connectivity index (χ1v) is 7.64. The smallest absolute Gasteiger partial charge is 0.187 e. The van der Waals surface area contributed by atoms with Crippen LogP contribution in [-0.4, -0.2) is 37.4 Å². The number of piperazine rings is 1. The molecular formula is C14H14ClN3OS. The summed E-state index contributed by atoms with van der Waals surface area (Å²) in [7, 11) is 0. The fourth-order valence-electron chi connectivity index (χ4n) is 2.31. The zero-order valence-electron chi connectivity index (χ0n) is 10.8. The molecule has 4 nitrogen and oxygen atoms in total. The van der Waals surface area contributed by atoms with Crippen molar-refractivity contribution in [3.63, 3.8) is 0 Å². The van der Waals surface area contributed by atoms with Crippen LogP contribution in [0.2, 0.25) is 5.15 Å². The Balaban J connectivity index is 1.67. The van der Waals surface area contributed by atoms with E-state index in [1.807, 2.05) is 6.07 Å². The summed E-state index contributed by atoms with van der Waals surface area (Å²) in [6.45, 7) is 3.66. The first-order valence-electron chi connectivity index (χ1n) is 6.44. The van der Waals surface area contributed by atoms with Gasteiger partial charge in [0.25, 0.3) is 0 Å². The summed E-state index contributed by atoms with van der Waals surface area (Å²) >= 11 is 7.28. The molecule has 2 heterocycles. The van der Waals surface area contributed by atoms with Gasteiger partial charge in [0.05, 0.1) is 0 Å². The highest BCUT2D eigenvalue weighted by Gasteiger charge is 2.21. The Hall–Kier alpha value is -1.59. The van der Waals surface area contributed by atoms with Crippen molar-refractivity contribution in [3.05, 3.63) is 40.4 Å². The lowest BCUT2D eigenvalue weighted by Gasteiger charge is -2.35. The van der Waals surface area contributed by atoms with Crippen molar-refractivity contribution >= 4 is 40.0 Å². The second kappa shape index (κ2) is 5.81. The van der Waals surface area contributed by atoms with Crippen LogP contribution in [-0.2, 0) is 0 Å². The molecule has 1 aromatic heterocycles. The molecule has 0 saturated carbocycles. The van der Waals surface area contributed by atoms with Crippen molar-refractivity contribution in [1.29, 1.82) is 0 Å². The molecule has 20 heavy (non-hydrogen) atoms. The molecular weight excluding hydrogens is 294 g/mol. The van der Waals surface area contributed by atoms with Gasteiger partial charge in [-0.05, 0) is 12.1 Å². The first kappa shape index (κ1) is 13.4. The van der Waals surface area contributed by atoms with E-state index in [0.717, 1.165) is 37.6 Å². The van der Waals surface area contributed by atoms with Gasteiger partial charge in [-0.3, -0.25) is 4.79 Å². The lowest BCUT2D eigenvalue weighted by molar-refractivity contribution is 0.112. The van der Waals surface area contributed by atoms with E-state index in [1.54, 1.807) is 0 Å². The summed E-state index contributed by atoms with van der Waals surface area (Å²) in [6.07, 6.45) is 0.768. The Morgan fingerprint density at radius 3 is 2.35 bits per heavy atom. The Morgan fingerprint density at radius 2 is 1.75 bits per heavy atom. The maximum atomic E-state index is 10.8. The number of hydrogen-bond donors (Lipinski definition) is 0. The lowest BCUT2D eigenvalue weighted by atomic mass is 10.2. The SMILES string of the molecule is O=Cc1sc(N2CCN(c3ccccc3)CC2)nc1Cl.